The third-order valence-electron chi connectivity index (χ3n) is 3.81. The first-order chi connectivity index (χ1) is 8.62. The van der Waals surface area contributed by atoms with Crippen molar-refractivity contribution in [1.82, 2.24) is 10.6 Å². The van der Waals surface area contributed by atoms with Crippen molar-refractivity contribution < 1.29 is 9.90 Å². The van der Waals surface area contributed by atoms with Crippen molar-refractivity contribution in [3.05, 3.63) is 0 Å². The SMILES string of the molecule is CSCCCCNC(=O)NC1CCCC1(C)CO. The Kier molecular flexibility index (Phi) is 6.86. The van der Waals surface area contributed by atoms with Crippen LogP contribution in [0.3, 0.4) is 0 Å². The fourth-order valence-electron chi connectivity index (χ4n) is 2.45. The molecule has 0 aromatic heterocycles. The monoisotopic (exact) mass is 274 g/mol. The number of rotatable bonds is 7. The zero-order valence-corrected chi connectivity index (χ0v) is 12.3. The van der Waals surface area contributed by atoms with Gasteiger partial charge in [-0.25, -0.2) is 4.79 Å². The minimum atomic E-state index is -0.143. The molecule has 4 nitrogen and oxygen atoms in total. The van der Waals surface area contributed by atoms with Crippen LogP contribution < -0.4 is 10.6 Å². The van der Waals surface area contributed by atoms with Gasteiger partial charge in [0.15, 0.2) is 0 Å². The van der Waals surface area contributed by atoms with Crippen molar-refractivity contribution in [2.75, 3.05) is 25.2 Å². The molecule has 3 N–H and O–H groups in total. The normalized spacial score (nSPS) is 27.2. The summed E-state index contributed by atoms with van der Waals surface area (Å²) in [5.41, 5.74) is -0.143. The van der Waals surface area contributed by atoms with E-state index in [1.807, 2.05) is 18.7 Å². The molecule has 0 aromatic carbocycles. The molecule has 106 valence electrons. The molecule has 2 unspecified atom stereocenters. The largest absolute Gasteiger partial charge is 0.396 e. The lowest BCUT2D eigenvalue weighted by molar-refractivity contribution is 0.121. The van der Waals surface area contributed by atoms with Crippen molar-refractivity contribution in [1.29, 1.82) is 0 Å². The number of thioether (sulfide) groups is 1. The van der Waals surface area contributed by atoms with Gasteiger partial charge in [-0.15, -0.1) is 0 Å². The zero-order chi connectivity index (χ0) is 13.4. The van der Waals surface area contributed by atoms with E-state index < -0.39 is 0 Å². The topological polar surface area (TPSA) is 61.4 Å². The van der Waals surface area contributed by atoms with E-state index in [9.17, 15) is 9.90 Å². The van der Waals surface area contributed by atoms with Crippen LogP contribution in [0.25, 0.3) is 0 Å². The summed E-state index contributed by atoms with van der Waals surface area (Å²) in [6.07, 6.45) is 7.29. The first-order valence-electron chi connectivity index (χ1n) is 6.76. The summed E-state index contributed by atoms with van der Waals surface area (Å²) in [5.74, 6) is 1.15. The van der Waals surface area contributed by atoms with Crippen LogP contribution in [0.15, 0.2) is 0 Å². The maximum absolute atomic E-state index is 11.7. The van der Waals surface area contributed by atoms with E-state index in [0.717, 1.165) is 44.4 Å². The summed E-state index contributed by atoms with van der Waals surface area (Å²) in [7, 11) is 0. The van der Waals surface area contributed by atoms with E-state index in [1.54, 1.807) is 0 Å². The number of carbonyl (C=O) groups is 1. The summed E-state index contributed by atoms with van der Waals surface area (Å²) in [6, 6.07) is 0.0134. The number of hydrogen-bond acceptors (Lipinski definition) is 3. The number of nitrogens with one attached hydrogen (secondary N) is 2. The van der Waals surface area contributed by atoms with Crippen LogP contribution in [0.2, 0.25) is 0 Å². The van der Waals surface area contributed by atoms with E-state index in [0.29, 0.717) is 0 Å². The molecule has 0 heterocycles. The molecule has 2 atom stereocenters. The Hall–Kier alpha value is -0.420. The molecule has 5 heteroatoms. The van der Waals surface area contributed by atoms with Crippen LogP contribution in [0.1, 0.15) is 39.0 Å². The van der Waals surface area contributed by atoms with Gasteiger partial charge < -0.3 is 15.7 Å². The van der Waals surface area contributed by atoms with Crippen LogP contribution in [0.4, 0.5) is 4.79 Å². The Balaban J connectivity index is 2.19. The van der Waals surface area contributed by atoms with E-state index in [4.69, 9.17) is 0 Å². The lowest BCUT2D eigenvalue weighted by Gasteiger charge is -2.30. The summed E-state index contributed by atoms with van der Waals surface area (Å²) in [6.45, 7) is 2.92. The highest BCUT2D eigenvalue weighted by Gasteiger charge is 2.38. The molecular weight excluding hydrogens is 248 g/mol. The highest BCUT2D eigenvalue weighted by Crippen LogP contribution is 2.37. The summed E-state index contributed by atoms with van der Waals surface area (Å²) < 4.78 is 0. The second-order valence-electron chi connectivity index (χ2n) is 5.36. The first kappa shape index (κ1) is 15.6. The molecule has 1 aliphatic rings. The number of carbonyl (C=O) groups excluding carboxylic acids is 1. The van der Waals surface area contributed by atoms with Gasteiger partial charge >= 0.3 is 6.03 Å². The van der Waals surface area contributed by atoms with Crippen LogP contribution in [-0.4, -0.2) is 42.3 Å². The van der Waals surface area contributed by atoms with Crippen molar-refractivity contribution in [3.8, 4) is 0 Å². The molecule has 1 rings (SSSR count). The third-order valence-corrected chi connectivity index (χ3v) is 4.51. The van der Waals surface area contributed by atoms with Gasteiger partial charge in [0.05, 0.1) is 6.61 Å². The van der Waals surface area contributed by atoms with Gasteiger partial charge in [0.2, 0.25) is 0 Å². The fourth-order valence-corrected chi connectivity index (χ4v) is 2.94. The van der Waals surface area contributed by atoms with E-state index in [-0.39, 0.29) is 24.1 Å². The Morgan fingerprint density at radius 2 is 2.28 bits per heavy atom. The predicted octanol–water partition coefficient (Wildman–Crippen LogP) is 1.98. The van der Waals surface area contributed by atoms with E-state index in [2.05, 4.69) is 16.9 Å². The van der Waals surface area contributed by atoms with Gasteiger partial charge in [-0.1, -0.05) is 13.3 Å². The summed E-state index contributed by atoms with van der Waals surface area (Å²) in [5, 5.41) is 15.3. The van der Waals surface area contributed by atoms with Crippen LogP contribution in [-0.2, 0) is 0 Å². The Morgan fingerprint density at radius 3 is 2.94 bits per heavy atom. The summed E-state index contributed by atoms with van der Waals surface area (Å²) in [4.78, 5) is 11.7. The smallest absolute Gasteiger partial charge is 0.315 e. The van der Waals surface area contributed by atoms with Gasteiger partial charge in [0.1, 0.15) is 0 Å². The van der Waals surface area contributed by atoms with Crippen LogP contribution in [0.5, 0.6) is 0 Å². The third kappa shape index (κ3) is 4.69. The maximum Gasteiger partial charge on any atom is 0.315 e. The van der Waals surface area contributed by atoms with Gasteiger partial charge in [0.25, 0.3) is 0 Å². The van der Waals surface area contributed by atoms with Crippen molar-refractivity contribution in [3.63, 3.8) is 0 Å². The molecule has 0 aromatic rings. The number of hydrogen-bond donors (Lipinski definition) is 3. The minimum Gasteiger partial charge on any atom is -0.396 e. The molecule has 0 bridgehead atoms. The summed E-state index contributed by atoms with van der Waals surface area (Å²) >= 11 is 1.83. The van der Waals surface area contributed by atoms with Gasteiger partial charge in [0, 0.05) is 18.0 Å². The molecule has 1 aliphatic carbocycles. The lowest BCUT2D eigenvalue weighted by Crippen LogP contribution is -2.48. The average Bonchev–Trinajstić information content (AvgIpc) is 2.71. The molecular formula is C13H26N2O2S. The lowest BCUT2D eigenvalue weighted by atomic mass is 9.86. The average molecular weight is 274 g/mol. The molecule has 0 spiro atoms. The minimum absolute atomic E-state index is 0.0919. The zero-order valence-electron chi connectivity index (χ0n) is 11.5. The second kappa shape index (κ2) is 7.89. The highest BCUT2D eigenvalue weighted by molar-refractivity contribution is 7.98. The van der Waals surface area contributed by atoms with Crippen molar-refractivity contribution in [2.45, 2.75) is 45.1 Å². The van der Waals surface area contributed by atoms with Crippen molar-refractivity contribution >= 4 is 17.8 Å². The quantitative estimate of drug-likeness (QED) is 0.622. The molecule has 1 saturated carbocycles. The van der Waals surface area contributed by atoms with Crippen LogP contribution >= 0.6 is 11.8 Å². The molecule has 2 amide bonds. The number of aliphatic hydroxyl groups excluding tert-OH is 1. The van der Waals surface area contributed by atoms with E-state index >= 15 is 0 Å². The maximum atomic E-state index is 11.7. The molecule has 1 fully saturated rings. The van der Waals surface area contributed by atoms with Crippen molar-refractivity contribution in [2.24, 2.45) is 5.41 Å². The fraction of sp³-hybridized carbons (Fsp3) is 0.923. The molecule has 18 heavy (non-hydrogen) atoms. The van der Waals surface area contributed by atoms with Gasteiger partial charge in [-0.05, 0) is 37.7 Å². The number of aliphatic hydroxyl groups is 1. The number of urea groups is 1. The van der Waals surface area contributed by atoms with E-state index in [1.165, 1.54) is 0 Å². The second-order valence-corrected chi connectivity index (χ2v) is 6.34. The highest BCUT2D eigenvalue weighted by atomic mass is 32.2. The van der Waals surface area contributed by atoms with Crippen LogP contribution in [0, 0.1) is 5.41 Å². The number of amides is 2. The number of unbranched alkanes of at least 4 members (excludes halogenated alkanes) is 1. The Morgan fingerprint density at radius 1 is 1.50 bits per heavy atom. The molecule has 0 saturated heterocycles. The van der Waals surface area contributed by atoms with Gasteiger partial charge in [-0.3, -0.25) is 0 Å². The Labute approximate surface area is 114 Å². The standard InChI is InChI=1S/C13H26N2O2S/c1-13(10-16)7-5-6-11(13)15-12(17)14-8-3-4-9-18-2/h11,16H,3-10H2,1-2H3,(H2,14,15,17). The molecule has 0 radical (unpaired) electrons. The molecule has 0 aliphatic heterocycles. The predicted molar refractivity (Wildman–Crippen MR) is 77.0 cm³/mol. The Bertz CT molecular complexity index is 263. The van der Waals surface area contributed by atoms with Gasteiger partial charge in [-0.2, -0.15) is 11.8 Å². The first-order valence-corrected chi connectivity index (χ1v) is 8.16.